The third-order valence-electron chi connectivity index (χ3n) is 2.86. The molecule has 0 bridgehead atoms. The second-order valence-corrected chi connectivity index (χ2v) is 6.38. The van der Waals surface area contributed by atoms with Crippen molar-refractivity contribution >= 4 is 39.7 Å². The van der Waals surface area contributed by atoms with Crippen molar-refractivity contribution < 1.29 is 9.59 Å². The van der Waals surface area contributed by atoms with Gasteiger partial charge in [-0.05, 0) is 30.2 Å². The predicted molar refractivity (Wildman–Crippen MR) is 94.1 cm³/mol. The van der Waals surface area contributed by atoms with Crippen molar-refractivity contribution in [1.29, 1.82) is 0 Å². The lowest BCUT2D eigenvalue weighted by atomic mass is 10.2. The second-order valence-electron chi connectivity index (χ2n) is 5.53. The Labute approximate surface area is 139 Å². The Kier molecular flexibility index (Phi) is 5.70. The number of carbonyl (C=O) groups excluding carboxylic acids is 2. The van der Waals surface area contributed by atoms with Gasteiger partial charge in [-0.25, -0.2) is 4.98 Å². The zero-order chi connectivity index (χ0) is 16.8. The van der Waals surface area contributed by atoms with E-state index in [1.54, 1.807) is 29.6 Å². The number of aromatic nitrogens is 1. The van der Waals surface area contributed by atoms with Crippen LogP contribution in [-0.4, -0.2) is 23.3 Å². The Bertz CT molecular complexity index is 680. The first-order valence-electron chi connectivity index (χ1n) is 7.32. The molecule has 2 rings (SSSR count). The molecular formula is C16H20N4O2S. The molecule has 2 amide bonds. The van der Waals surface area contributed by atoms with Crippen LogP contribution in [0, 0.1) is 5.92 Å². The van der Waals surface area contributed by atoms with Gasteiger partial charge in [0.25, 0.3) is 5.91 Å². The summed E-state index contributed by atoms with van der Waals surface area (Å²) in [7, 11) is 0. The van der Waals surface area contributed by atoms with Gasteiger partial charge in [0.05, 0.1) is 0 Å². The maximum atomic E-state index is 12.2. The molecule has 0 saturated carbocycles. The number of hydrogen-bond acceptors (Lipinski definition) is 5. The quantitative estimate of drug-likeness (QED) is 0.757. The van der Waals surface area contributed by atoms with E-state index in [-0.39, 0.29) is 11.8 Å². The normalized spacial score (nSPS) is 10.4. The highest BCUT2D eigenvalue weighted by molar-refractivity contribution is 7.13. The van der Waals surface area contributed by atoms with Crippen molar-refractivity contribution in [2.75, 3.05) is 22.5 Å². The Hall–Kier alpha value is -2.41. The van der Waals surface area contributed by atoms with Crippen LogP contribution in [0.25, 0.3) is 0 Å². The highest BCUT2D eigenvalue weighted by Gasteiger charge is 2.11. The maximum absolute atomic E-state index is 12.2. The van der Waals surface area contributed by atoms with E-state index in [9.17, 15) is 9.59 Å². The van der Waals surface area contributed by atoms with E-state index in [1.807, 2.05) is 0 Å². The van der Waals surface area contributed by atoms with Gasteiger partial charge in [0, 0.05) is 30.2 Å². The van der Waals surface area contributed by atoms with Gasteiger partial charge in [0.15, 0.2) is 5.13 Å². The number of amides is 2. The van der Waals surface area contributed by atoms with Crippen LogP contribution in [-0.2, 0) is 4.79 Å². The molecule has 1 aromatic heterocycles. The van der Waals surface area contributed by atoms with E-state index in [2.05, 4.69) is 34.8 Å². The minimum Gasteiger partial charge on any atom is -0.361 e. The van der Waals surface area contributed by atoms with Crippen molar-refractivity contribution in [3.63, 3.8) is 0 Å². The Morgan fingerprint density at radius 3 is 2.30 bits per heavy atom. The van der Waals surface area contributed by atoms with E-state index in [0.29, 0.717) is 23.0 Å². The molecule has 0 fully saturated rings. The summed E-state index contributed by atoms with van der Waals surface area (Å²) in [6, 6.07) is 6.92. The van der Waals surface area contributed by atoms with Crippen LogP contribution in [0.5, 0.6) is 0 Å². The molecule has 0 unspecified atom stereocenters. The van der Waals surface area contributed by atoms with E-state index < -0.39 is 0 Å². The molecular weight excluding hydrogens is 312 g/mol. The summed E-state index contributed by atoms with van der Waals surface area (Å²) in [5.41, 5.74) is 1.71. The molecule has 0 aliphatic rings. The maximum Gasteiger partial charge on any atom is 0.275 e. The van der Waals surface area contributed by atoms with Gasteiger partial charge in [-0.1, -0.05) is 13.8 Å². The predicted octanol–water partition coefficient (Wildman–Crippen LogP) is 3.42. The van der Waals surface area contributed by atoms with Crippen molar-refractivity contribution in [3.05, 3.63) is 35.3 Å². The molecule has 1 aromatic carbocycles. The van der Waals surface area contributed by atoms with Crippen LogP contribution >= 0.6 is 11.3 Å². The minimum absolute atomic E-state index is 0.134. The molecule has 7 heteroatoms. The second kappa shape index (κ2) is 7.73. The number of benzene rings is 1. The fraction of sp³-hybridized carbons (Fsp3) is 0.312. The zero-order valence-corrected chi connectivity index (χ0v) is 14.2. The van der Waals surface area contributed by atoms with Gasteiger partial charge in [0.1, 0.15) is 5.69 Å². The number of thiazole rings is 1. The largest absolute Gasteiger partial charge is 0.361 e. The molecule has 122 valence electrons. The van der Waals surface area contributed by atoms with Crippen LogP contribution in [0.15, 0.2) is 29.6 Å². The highest BCUT2D eigenvalue weighted by Crippen LogP contribution is 2.18. The number of hydrogen-bond donors (Lipinski definition) is 3. The molecule has 3 N–H and O–H groups in total. The van der Waals surface area contributed by atoms with E-state index in [0.717, 1.165) is 11.7 Å². The number of nitrogens with zero attached hydrogens (tertiary/aromatic N) is 1. The third kappa shape index (κ3) is 5.37. The molecule has 0 aliphatic carbocycles. The van der Waals surface area contributed by atoms with Crippen molar-refractivity contribution in [3.8, 4) is 0 Å². The average molecular weight is 332 g/mol. The van der Waals surface area contributed by atoms with Crippen LogP contribution in [0.1, 0.15) is 31.3 Å². The number of nitrogens with one attached hydrogen (secondary N) is 3. The van der Waals surface area contributed by atoms with Gasteiger partial charge in [-0.15, -0.1) is 11.3 Å². The lowest BCUT2D eigenvalue weighted by Gasteiger charge is -2.06. The van der Waals surface area contributed by atoms with Gasteiger partial charge in [-0.2, -0.15) is 0 Å². The molecule has 2 aromatic rings. The van der Waals surface area contributed by atoms with Gasteiger partial charge >= 0.3 is 0 Å². The van der Waals surface area contributed by atoms with E-state index >= 15 is 0 Å². The zero-order valence-electron chi connectivity index (χ0n) is 13.3. The Balaban J connectivity index is 1.94. The topological polar surface area (TPSA) is 83.1 Å². The minimum atomic E-state index is -0.258. The third-order valence-corrected chi connectivity index (χ3v) is 3.66. The fourth-order valence-electron chi connectivity index (χ4n) is 1.79. The van der Waals surface area contributed by atoms with Gasteiger partial charge < -0.3 is 16.0 Å². The standard InChI is InChI=1S/C16H20N4O2S/c1-10(2)8-17-16-20-14(9-23-16)15(22)19-13-6-4-12(5-7-13)18-11(3)21/h4-7,9-10H,8H2,1-3H3,(H,17,20)(H,18,21)(H,19,22). The first-order valence-corrected chi connectivity index (χ1v) is 8.20. The number of carbonyl (C=O) groups is 2. The molecule has 1 heterocycles. The molecule has 0 saturated heterocycles. The van der Waals surface area contributed by atoms with Crippen molar-refractivity contribution in [2.24, 2.45) is 5.92 Å². The summed E-state index contributed by atoms with van der Waals surface area (Å²) in [6.45, 7) is 6.49. The molecule has 6 nitrogen and oxygen atoms in total. The highest BCUT2D eigenvalue weighted by atomic mass is 32.1. The van der Waals surface area contributed by atoms with E-state index in [1.165, 1.54) is 18.3 Å². The molecule has 0 atom stereocenters. The van der Waals surface area contributed by atoms with Crippen LogP contribution < -0.4 is 16.0 Å². The smallest absolute Gasteiger partial charge is 0.275 e. The molecule has 0 spiro atoms. The fourth-order valence-corrected chi connectivity index (χ4v) is 2.49. The average Bonchev–Trinajstić information content (AvgIpc) is 2.95. The SMILES string of the molecule is CC(=O)Nc1ccc(NC(=O)c2csc(NCC(C)C)n2)cc1. The van der Waals surface area contributed by atoms with Crippen LogP contribution in [0.3, 0.4) is 0 Å². The van der Waals surface area contributed by atoms with Gasteiger partial charge in [-0.3, -0.25) is 9.59 Å². The van der Waals surface area contributed by atoms with Crippen LogP contribution in [0.4, 0.5) is 16.5 Å². The van der Waals surface area contributed by atoms with E-state index in [4.69, 9.17) is 0 Å². The molecule has 0 radical (unpaired) electrons. The number of anilines is 3. The number of rotatable bonds is 6. The summed E-state index contributed by atoms with van der Waals surface area (Å²) in [5, 5.41) is 11.1. The summed E-state index contributed by atoms with van der Waals surface area (Å²) < 4.78 is 0. The van der Waals surface area contributed by atoms with Crippen molar-refractivity contribution in [2.45, 2.75) is 20.8 Å². The molecule has 0 aliphatic heterocycles. The Morgan fingerprint density at radius 1 is 1.13 bits per heavy atom. The van der Waals surface area contributed by atoms with Crippen LogP contribution in [0.2, 0.25) is 0 Å². The first kappa shape index (κ1) is 17.0. The molecule has 23 heavy (non-hydrogen) atoms. The monoisotopic (exact) mass is 332 g/mol. The lowest BCUT2D eigenvalue weighted by molar-refractivity contribution is -0.114. The lowest BCUT2D eigenvalue weighted by Crippen LogP contribution is -2.13. The first-order chi connectivity index (χ1) is 10.9. The summed E-state index contributed by atoms with van der Waals surface area (Å²) in [6.07, 6.45) is 0. The summed E-state index contributed by atoms with van der Waals surface area (Å²) in [4.78, 5) is 27.4. The van der Waals surface area contributed by atoms with Crippen molar-refractivity contribution in [1.82, 2.24) is 4.98 Å². The Morgan fingerprint density at radius 2 is 1.74 bits per heavy atom. The van der Waals surface area contributed by atoms with Gasteiger partial charge in [0.2, 0.25) is 5.91 Å². The summed E-state index contributed by atoms with van der Waals surface area (Å²) in [5.74, 6) is 0.120. The summed E-state index contributed by atoms with van der Waals surface area (Å²) >= 11 is 1.41.